The molecule has 0 fully saturated rings. The minimum Gasteiger partial charge on any atom is -0.482 e. The number of benzene rings is 2. The van der Waals surface area contributed by atoms with Crippen LogP contribution in [0.1, 0.15) is 5.56 Å². The number of ether oxygens (including phenoxy) is 2. The van der Waals surface area contributed by atoms with Crippen molar-refractivity contribution >= 4 is 33.5 Å². The Labute approximate surface area is 130 Å². The summed E-state index contributed by atoms with van der Waals surface area (Å²) in [5, 5.41) is 0.390. The molecule has 0 aliphatic rings. The fourth-order valence-corrected chi connectivity index (χ4v) is 2.24. The zero-order chi connectivity index (χ0) is 14.5. The van der Waals surface area contributed by atoms with E-state index in [4.69, 9.17) is 21.1 Å². The summed E-state index contributed by atoms with van der Waals surface area (Å²) >= 11 is 9.27. The summed E-state index contributed by atoms with van der Waals surface area (Å²) < 4.78 is 11.5. The first-order valence-corrected chi connectivity index (χ1v) is 7.07. The van der Waals surface area contributed by atoms with E-state index in [1.54, 1.807) is 30.3 Å². The molecule has 5 heteroatoms. The smallest absolute Gasteiger partial charge is 0.349 e. The topological polar surface area (TPSA) is 35.5 Å². The average Bonchev–Trinajstić information content (AvgIpc) is 2.40. The van der Waals surface area contributed by atoms with E-state index >= 15 is 0 Å². The van der Waals surface area contributed by atoms with E-state index in [0.717, 1.165) is 10.0 Å². The summed E-state index contributed by atoms with van der Waals surface area (Å²) in [7, 11) is 0. The van der Waals surface area contributed by atoms with E-state index in [2.05, 4.69) is 15.9 Å². The van der Waals surface area contributed by atoms with Gasteiger partial charge in [-0.15, -0.1) is 0 Å². The van der Waals surface area contributed by atoms with Gasteiger partial charge in [0.25, 0.3) is 0 Å². The molecular weight excluding hydrogens is 344 g/mol. The van der Waals surface area contributed by atoms with Gasteiger partial charge >= 0.3 is 5.97 Å². The minimum absolute atomic E-state index is 0.173. The second-order valence-electron chi connectivity index (χ2n) is 4.10. The Bertz CT molecular complexity index is 628. The van der Waals surface area contributed by atoms with Gasteiger partial charge in [0.05, 0.1) is 5.02 Å². The molecule has 104 valence electrons. The monoisotopic (exact) mass is 354 g/mol. The van der Waals surface area contributed by atoms with Crippen LogP contribution < -0.4 is 9.47 Å². The van der Waals surface area contributed by atoms with Gasteiger partial charge in [0, 0.05) is 4.47 Å². The highest BCUT2D eigenvalue weighted by Crippen LogP contribution is 2.24. The van der Waals surface area contributed by atoms with Gasteiger partial charge in [0.15, 0.2) is 6.61 Å². The summed E-state index contributed by atoms with van der Waals surface area (Å²) in [4.78, 5) is 11.7. The molecule has 3 nitrogen and oxygen atoms in total. The Morgan fingerprint density at radius 3 is 2.65 bits per heavy atom. The van der Waals surface area contributed by atoms with E-state index in [9.17, 15) is 4.79 Å². The van der Waals surface area contributed by atoms with E-state index in [0.29, 0.717) is 16.5 Å². The fourth-order valence-electron chi connectivity index (χ4n) is 1.59. The number of esters is 1. The van der Waals surface area contributed by atoms with Crippen molar-refractivity contribution in [1.29, 1.82) is 0 Å². The molecule has 0 saturated carbocycles. The Morgan fingerprint density at radius 1 is 1.20 bits per heavy atom. The van der Waals surface area contributed by atoms with Crippen molar-refractivity contribution < 1.29 is 14.3 Å². The number of hydrogen-bond donors (Lipinski definition) is 0. The van der Waals surface area contributed by atoms with Crippen LogP contribution in [0.2, 0.25) is 5.02 Å². The van der Waals surface area contributed by atoms with Crippen molar-refractivity contribution in [2.75, 3.05) is 6.61 Å². The number of para-hydroxylation sites is 1. The lowest BCUT2D eigenvalue weighted by Gasteiger charge is -2.09. The lowest BCUT2D eigenvalue weighted by molar-refractivity contribution is -0.136. The lowest BCUT2D eigenvalue weighted by atomic mass is 10.2. The molecule has 2 aromatic rings. The van der Waals surface area contributed by atoms with Crippen LogP contribution in [-0.4, -0.2) is 12.6 Å². The highest BCUT2D eigenvalue weighted by Gasteiger charge is 2.09. The first-order chi connectivity index (χ1) is 9.56. The molecule has 2 aromatic carbocycles. The predicted octanol–water partition coefficient (Wildman–Crippen LogP) is 4.40. The van der Waals surface area contributed by atoms with Crippen LogP contribution in [0.4, 0.5) is 0 Å². The third kappa shape index (κ3) is 3.99. The van der Waals surface area contributed by atoms with Crippen molar-refractivity contribution in [3.63, 3.8) is 0 Å². The van der Waals surface area contributed by atoms with Gasteiger partial charge < -0.3 is 9.47 Å². The quantitative estimate of drug-likeness (QED) is 0.602. The maximum atomic E-state index is 11.7. The van der Waals surface area contributed by atoms with E-state index in [1.807, 2.05) is 19.1 Å². The molecular formula is C15H12BrClO3. The summed E-state index contributed by atoms with van der Waals surface area (Å²) in [6.07, 6.45) is 0. The van der Waals surface area contributed by atoms with Crippen molar-refractivity contribution in [2.24, 2.45) is 0 Å². The number of rotatable bonds is 4. The molecule has 0 saturated heterocycles. The zero-order valence-corrected chi connectivity index (χ0v) is 13.1. The Balaban J connectivity index is 1.94. The molecule has 20 heavy (non-hydrogen) atoms. The first-order valence-electron chi connectivity index (χ1n) is 5.90. The summed E-state index contributed by atoms with van der Waals surface area (Å²) in [5.41, 5.74) is 0.935. The van der Waals surface area contributed by atoms with Crippen molar-refractivity contribution in [2.45, 2.75) is 6.92 Å². The molecule has 0 aliphatic heterocycles. The fraction of sp³-hybridized carbons (Fsp3) is 0.133. The molecule has 0 spiro atoms. The van der Waals surface area contributed by atoms with Crippen LogP contribution in [0.15, 0.2) is 46.9 Å². The molecule has 0 aliphatic carbocycles. The molecule has 0 unspecified atom stereocenters. The number of carbonyl (C=O) groups excluding carboxylic acids is 1. The molecule has 0 N–H and O–H groups in total. The maximum absolute atomic E-state index is 11.7. The third-order valence-corrected chi connectivity index (χ3v) is 3.35. The molecule has 0 amide bonds. The maximum Gasteiger partial charge on any atom is 0.349 e. The van der Waals surface area contributed by atoms with Crippen LogP contribution in [0, 0.1) is 6.92 Å². The van der Waals surface area contributed by atoms with Crippen LogP contribution in [0.3, 0.4) is 0 Å². The van der Waals surface area contributed by atoms with Gasteiger partial charge in [-0.3, -0.25) is 0 Å². The first kappa shape index (κ1) is 14.9. The standard InChI is InChI=1S/C15H12BrClO3/c1-10-8-11(16)6-7-13(10)19-9-15(18)20-14-5-3-2-4-12(14)17/h2-8H,9H2,1H3. The molecule has 0 atom stereocenters. The molecule has 0 aromatic heterocycles. The van der Waals surface area contributed by atoms with Crippen molar-refractivity contribution in [3.05, 3.63) is 57.5 Å². The number of carbonyl (C=O) groups is 1. The van der Waals surface area contributed by atoms with Crippen LogP contribution in [0.25, 0.3) is 0 Å². The average molecular weight is 356 g/mol. The second-order valence-corrected chi connectivity index (χ2v) is 5.43. The van der Waals surface area contributed by atoms with Crippen LogP contribution in [-0.2, 0) is 4.79 Å². The van der Waals surface area contributed by atoms with E-state index < -0.39 is 5.97 Å². The minimum atomic E-state index is -0.500. The Morgan fingerprint density at radius 2 is 1.95 bits per heavy atom. The summed E-state index contributed by atoms with van der Waals surface area (Å²) in [6.45, 7) is 1.73. The summed E-state index contributed by atoms with van der Waals surface area (Å²) in [6, 6.07) is 12.4. The highest BCUT2D eigenvalue weighted by molar-refractivity contribution is 9.10. The van der Waals surface area contributed by atoms with Crippen molar-refractivity contribution in [3.8, 4) is 11.5 Å². The third-order valence-electron chi connectivity index (χ3n) is 2.54. The number of aryl methyl sites for hydroxylation is 1. The van der Waals surface area contributed by atoms with Gasteiger partial charge in [-0.05, 0) is 42.8 Å². The van der Waals surface area contributed by atoms with Gasteiger partial charge in [-0.25, -0.2) is 4.79 Å². The number of halogens is 2. The second kappa shape index (κ2) is 6.77. The molecule has 2 rings (SSSR count). The van der Waals surface area contributed by atoms with Gasteiger partial charge in [-0.1, -0.05) is 39.7 Å². The van der Waals surface area contributed by atoms with Crippen LogP contribution >= 0.6 is 27.5 Å². The van der Waals surface area contributed by atoms with Gasteiger partial charge in [-0.2, -0.15) is 0 Å². The molecule has 0 bridgehead atoms. The molecule has 0 heterocycles. The van der Waals surface area contributed by atoms with Crippen LogP contribution in [0.5, 0.6) is 11.5 Å². The summed E-state index contributed by atoms with van der Waals surface area (Å²) in [5.74, 6) is 0.472. The van der Waals surface area contributed by atoms with Gasteiger partial charge in [0.1, 0.15) is 11.5 Å². The van der Waals surface area contributed by atoms with Crippen molar-refractivity contribution in [1.82, 2.24) is 0 Å². The SMILES string of the molecule is Cc1cc(Br)ccc1OCC(=O)Oc1ccccc1Cl. The highest BCUT2D eigenvalue weighted by atomic mass is 79.9. The predicted molar refractivity (Wildman–Crippen MR) is 81.5 cm³/mol. The lowest BCUT2D eigenvalue weighted by Crippen LogP contribution is -2.18. The zero-order valence-electron chi connectivity index (χ0n) is 10.7. The number of hydrogen-bond acceptors (Lipinski definition) is 3. The normalized spacial score (nSPS) is 10.2. The van der Waals surface area contributed by atoms with E-state index in [1.165, 1.54) is 0 Å². The Hall–Kier alpha value is -1.52. The van der Waals surface area contributed by atoms with E-state index in [-0.39, 0.29) is 6.61 Å². The largest absolute Gasteiger partial charge is 0.482 e. The van der Waals surface area contributed by atoms with Gasteiger partial charge in [0.2, 0.25) is 0 Å². The Kier molecular flexibility index (Phi) is 5.04. The molecule has 0 radical (unpaired) electrons.